The molecule has 3 aliphatic rings. The Hall–Kier alpha value is 0.270. The van der Waals surface area contributed by atoms with Gasteiger partial charge in [0.05, 0.1) is 5.60 Å². The number of nitrogens with zero attached hydrogens (tertiary/aromatic N) is 2. The van der Waals surface area contributed by atoms with Crippen molar-refractivity contribution in [1.29, 1.82) is 0 Å². The Morgan fingerprint density at radius 3 is 2.35 bits per heavy atom. The van der Waals surface area contributed by atoms with Crippen LogP contribution in [0.25, 0.3) is 0 Å². The first-order valence-corrected chi connectivity index (χ1v) is 11.2. The molecule has 0 bridgehead atoms. The summed E-state index contributed by atoms with van der Waals surface area (Å²) in [6.07, 6.45) is 9.07. The predicted molar refractivity (Wildman–Crippen MR) is 123 cm³/mol. The first-order chi connectivity index (χ1) is 12.2. The molecule has 1 unspecified atom stereocenters. The zero-order chi connectivity index (χ0) is 17.6. The van der Waals surface area contributed by atoms with Crippen molar-refractivity contribution in [3.63, 3.8) is 0 Å². The Labute approximate surface area is 180 Å². The number of ether oxygens (including phenoxy) is 1. The van der Waals surface area contributed by atoms with Crippen LogP contribution in [-0.4, -0.2) is 73.3 Å². The molecule has 0 aromatic rings. The summed E-state index contributed by atoms with van der Waals surface area (Å²) in [6.45, 7) is 7.41. The zero-order valence-corrected chi connectivity index (χ0v) is 19.7. The summed E-state index contributed by atoms with van der Waals surface area (Å²) < 4.78 is 5.89. The molecule has 1 atom stereocenters. The normalized spacial score (nSPS) is 29.8. The van der Waals surface area contributed by atoms with Crippen molar-refractivity contribution in [2.75, 3.05) is 51.3 Å². The third-order valence-electron chi connectivity index (χ3n) is 6.20. The van der Waals surface area contributed by atoms with Gasteiger partial charge >= 0.3 is 0 Å². The lowest BCUT2D eigenvalue weighted by molar-refractivity contribution is 0.0241. The Balaban J connectivity index is 0.00000243. The van der Waals surface area contributed by atoms with Crippen molar-refractivity contribution in [3.8, 4) is 0 Å². The van der Waals surface area contributed by atoms with E-state index in [1.165, 1.54) is 63.1 Å². The van der Waals surface area contributed by atoms with E-state index in [9.17, 15) is 0 Å². The highest BCUT2D eigenvalue weighted by atomic mass is 127. The molecule has 2 N–H and O–H groups in total. The lowest BCUT2D eigenvalue weighted by Gasteiger charge is -2.48. The van der Waals surface area contributed by atoms with Gasteiger partial charge in [0.2, 0.25) is 0 Å². The van der Waals surface area contributed by atoms with E-state index in [1.54, 1.807) is 0 Å². The van der Waals surface area contributed by atoms with E-state index in [2.05, 4.69) is 39.2 Å². The summed E-state index contributed by atoms with van der Waals surface area (Å²) in [5.74, 6) is 3.49. The highest BCUT2D eigenvalue weighted by Crippen LogP contribution is 2.34. The molecule has 2 heterocycles. The second-order valence-electron chi connectivity index (χ2n) is 8.07. The fourth-order valence-corrected chi connectivity index (χ4v) is 5.47. The van der Waals surface area contributed by atoms with Crippen molar-refractivity contribution < 1.29 is 4.74 Å². The van der Waals surface area contributed by atoms with Gasteiger partial charge in [0.15, 0.2) is 5.96 Å². The van der Waals surface area contributed by atoms with Crippen molar-refractivity contribution >= 4 is 41.7 Å². The van der Waals surface area contributed by atoms with Crippen LogP contribution >= 0.6 is 35.7 Å². The van der Waals surface area contributed by atoms with E-state index in [0.29, 0.717) is 5.54 Å². The Morgan fingerprint density at radius 2 is 1.73 bits per heavy atom. The van der Waals surface area contributed by atoms with E-state index >= 15 is 0 Å². The summed E-state index contributed by atoms with van der Waals surface area (Å²) in [5, 5.41) is 7.16. The maximum Gasteiger partial charge on any atom is 0.191 e. The van der Waals surface area contributed by atoms with Crippen LogP contribution < -0.4 is 10.6 Å². The molecule has 0 radical (unpaired) electrons. The van der Waals surface area contributed by atoms with E-state index in [4.69, 9.17) is 4.74 Å². The molecule has 2 aliphatic heterocycles. The van der Waals surface area contributed by atoms with Gasteiger partial charge in [-0.05, 0) is 32.6 Å². The number of thioether (sulfide) groups is 1. The van der Waals surface area contributed by atoms with Gasteiger partial charge in [-0.15, -0.1) is 24.0 Å². The molecule has 152 valence electrons. The highest BCUT2D eigenvalue weighted by molar-refractivity contribution is 14.0. The quantitative estimate of drug-likeness (QED) is 0.348. The van der Waals surface area contributed by atoms with Crippen LogP contribution in [0.5, 0.6) is 0 Å². The molecular weight excluding hydrogens is 459 g/mol. The van der Waals surface area contributed by atoms with E-state index in [0.717, 1.165) is 32.1 Å². The van der Waals surface area contributed by atoms with Crippen molar-refractivity contribution in [1.82, 2.24) is 15.5 Å². The molecule has 5 nitrogen and oxygen atoms in total. The minimum atomic E-state index is -0.0375. The summed E-state index contributed by atoms with van der Waals surface area (Å²) in [6, 6.07) is 0. The topological polar surface area (TPSA) is 48.9 Å². The molecule has 7 heteroatoms. The average Bonchev–Trinajstić information content (AvgIpc) is 3.10. The number of nitrogens with one attached hydrogen (secondary N) is 2. The van der Waals surface area contributed by atoms with Crippen LogP contribution in [0.15, 0.2) is 4.99 Å². The zero-order valence-electron chi connectivity index (χ0n) is 16.5. The molecule has 3 fully saturated rings. The second kappa shape index (κ2) is 10.7. The minimum Gasteiger partial charge on any atom is -0.373 e. The monoisotopic (exact) mass is 496 g/mol. The smallest absolute Gasteiger partial charge is 0.191 e. The standard InChI is InChI=1S/C19H36N4OS.HI/c1-18(7-6-12-24-18)15-21-17(20-2)22-16-19(8-4-3-5-9-19)23-10-13-25-14-11-23;/h3-16H2,1-2H3,(H2,20,21,22);1H. The second-order valence-corrected chi connectivity index (χ2v) is 9.29. The molecule has 1 saturated carbocycles. The molecule has 26 heavy (non-hydrogen) atoms. The Bertz CT molecular complexity index is 445. The van der Waals surface area contributed by atoms with Crippen LogP contribution in [0.2, 0.25) is 0 Å². The maximum atomic E-state index is 5.89. The van der Waals surface area contributed by atoms with Crippen LogP contribution in [0.3, 0.4) is 0 Å². The summed E-state index contributed by atoms with van der Waals surface area (Å²) in [5.41, 5.74) is 0.287. The lowest BCUT2D eigenvalue weighted by Crippen LogP contribution is -2.60. The summed E-state index contributed by atoms with van der Waals surface area (Å²) in [7, 11) is 1.87. The van der Waals surface area contributed by atoms with E-state index in [1.807, 2.05) is 7.05 Å². The molecule has 0 spiro atoms. The lowest BCUT2D eigenvalue weighted by atomic mass is 9.80. The molecule has 0 amide bonds. The van der Waals surface area contributed by atoms with Crippen molar-refractivity contribution in [2.45, 2.75) is 63.0 Å². The molecule has 1 aliphatic carbocycles. The van der Waals surface area contributed by atoms with Gasteiger partial charge in [0.25, 0.3) is 0 Å². The fraction of sp³-hybridized carbons (Fsp3) is 0.947. The first kappa shape index (κ1) is 22.6. The number of guanidine groups is 1. The maximum absolute atomic E-state index is 5.89. The number of halogens is 1. The Morgan fingerprint density at radius 1 is 1.04 bits per heavy atom. The van der Waals surface area contributed by atoms with Gasteiger partial charge in [-0.3, -0.25) is 9.89 Å². The van der Waals surface area contributed by atoms with Gasteiger partial charge in [0, 0.05) is 56.9 Å². The SMILES string of the molecule is CN=C(NCC1(C)CCCO1)NCC1(N2CCSCC2)CCCCC1.I. The van der Waals surface area contributed by atoms with E-state index in [-0.39, 0.29) is 29.6 Å². The van der Waals surface area contributed by atoms with Crippen LogP contribution in [0.1, 0.15) is 51.9 Å². The summed E-state index contributed by atoms with van der Waals surface area (Å²) in [4.78, 5) is 7.23. The highest BCUT2D eigenvalue weighted by Gasteiger charge is 2.38. The van der Waals surface area contributed by atoms with Gasteiger partial charge in [-0.2, -0.15) is 11.8 Å². The van der Waals surface area contributed by atoms with Gasteiger partial charge in [-0.1, -0.05) is 19.3 Å². The van der Waals surface area contributed by atoms with Gasteiger partial charge < -0.3 is 15.4 Å². The molecular formula is C19H37IN4OS. The fourth-order valence-electron chi connectivity index (χ4n) is 4.57. The molecule has 0 aromatic carbocycles. The van der Waals surface area contributed by atoms with Gasteiger partial charge in [0.1, 0.15) is 0 Å². The predicted octanol–water partition coefficient (Wildman–Crippen LogP) is 3.09. The van der Waals surface area contributed by atoms with Crippen LogP contribution in [0, 0.1) is 0 Å². The third kappa shape index (κ3) is 5.88. The number of hydrogen-bond donors (Lipinski definition) is 2. The molecule has 3 rings (SSSR count). The van der Waals surface area contributed by atoms with Crippen LogP contribution in [-0.2, 0) is 4.74 Å². The minimum absolute atomic E-state index is 0. The number of rotatable bonds is 5. The molecule has 0 aromatic heterocycles. The third-order valence-corrected chi connectivity index (χ3v) is 7.15. The Kier molecular flexibility index (Phi) is 9.30. The summed E-state index contributed by atoms with van der Waals surface area (Å²) >= 11 is 2.10. The number of hydrogen-bond acceptors (Lipinski definition) is 4. The van der Waals surface area contributed by atoms with E-state index < -0.39 is 0 Å². The van der Waals surface area contributed by atoms with Crippen molar-refractivity contribution in [3.05, 3.63) is 0 Å². The van der Waals surface area contributed by atoms with Gasteiger partial charge in [-0.25, -0.2) is 0 Å². The van der Waals surface area contributed by atoms with Crippen molar-refractivity contribution in [2.24, 2.45) is 4.99 Å². The first-order valence-electron chi connectivity index (χ1n) is 10.1. The average molecular weight is 497 g/mol. The number of aliphatic imine (C=N–C) groups is 1. The largest absolute Gasteiger partial charge is 0.373 e. The molecule has 2 saturated heterocycles. The van der Waals surface area contributed by atoms with Crippen LogP contribution in [0.4, 0.5) is 0 Å².